The lowest BCUT2D eigenvalue weighted by molar-refractivity contribution is -0.305. The molecule has 3 aliphatic rings. The molecule has 4 atom stereocenters. The van der Waals surface area contributed by atoms with E-state index in [4.69, 9.17) is 18.9 Å². The number of carbonyl (C=O) groups is 2. The van der Waals surface area contributed by atoms with Crippen molar-refractivity contribution in [1.29, 1.82) is 0 Å². The maximum atomic E-state index is 12.0. The SMILES string of the molecule is O=C([O-])CCC(=O)N[C@H]1CO[C@H]2[C@@H]1OC[C@@H]2n1nnnc1-c1ccc2c(c1)OCO2. The van der Waals surface area contributed by atoms with Gasteiger partial charge in [-0.2, -0.15) is 0 Å². The number of fused-ring (bicyclic) bond motifs is 2. The Morgan fingerprint density at radius 3 is 2.83 bits per heavy atom. The number of hydrogen-bond donors (Lipinski definition) is 1. The van der Waals surface area contributed by atoms with Crippen LogP contribution in [0.15, 0.2) is 18.2 Å². The van der Waals surface area contributed by atoms with E-state index in [2.05, 4.69) is 20.8 Å². The van der Waals surface area contributed by atoms with Gasteiger partial charge in [0.25, 0.3) is 0 Å². The summed E-state index contributed by atoms with van der Waals surface area (Å²) in [6.45, 7) is 0.738. The Morgan fingerprint density at radius 1 is 1.13 bits per heavy atom. The van der Waals surface area contributed by atoms with E-state index in [1.54, 1.807) is 10.7 Å². The van der Waals surface area contributed by atoms with Crippen molar-refractivity contribution < 1.29 is 33.6 Å². The van der Waals surface area contributed by atoms with Gasteiger partial charge >= 0.3 is 0 Å². The van der Waals surface area contributed by atoms with Crippen LogP contribution in [0.25, 0.3) is 11.4 Å². The standard InChI is InChI=1S/C18H19N5O7/c24-14(3-4-15(25)26)19-10-6-27-17-11(7-28-16(10)17)23-18(20-21-22-23)9-1-2-12-13(5-9)30-8-29-12/h1-2,5,10-11,16-17H,3-4,6-8H2,(H,19,24)(H,25,26)/p-1/t10-,11-,16+,17+/m0/s1. The Morgan fingerprint density at radius 2 is 1.97 bits per heavy atom. The molecule has 5 rings (SSSR count). The van der Waals surface area contributed by atoms with Crippen molar-refractivity contribution in [2.45, 2.75) is 37.1 Å². The Bertz CT molecular complexity index is 980. The van der Waals surface area contributed by atoms with Crippen LogP contribution < -0.4 is 19.9 Å². The van der Waals surface area contributed by atoms with Crippen LogP contribution in [0.1, 0.15) is 18.9 Å². The maximum absolute atomic E-state index is 12.0. The second-order valence-corrected chi connectivity index (χ2v) is 7.22. The summed E-state index contributed by atoms with van der Waals surface area (Å²) in [6, 6.07) is 4.80. The van der Waals surface area contributed by atoms with Crippen molar-refractivity contribution in [3.05, 3.63) is 18.2 Å². The summed E-state index contributed by atoms with van der Waals surface area (Å²) >= 11 is 0. The minimum Gasteiger partial charge on any atom is -0.550 e. The molecule has 12 nitrogen and oxygen atoms in total. The average Bonchev–Trinajstić information content (AvgIpc) is 3.50. The second kappa shape index (κ2) is 7.54. The molecule has 0 radical (unpaired) electrons. The number of ether oxygens (including phenoxy) is 4. The summed E-state index contributed by atoms with van der Waals surface area (Å²) in [6.07, 6.45) is -1.22. The molecular formula is C18H18N5O7-. The van der Waals surface area contributed by atoms with E-state index in [-0.39, 0.29) is 56.4 Å². The normalized spacial score (nSPS) is 26.5. The predicted molar refractivity (Wildman–Crippen MR) is 94.1 cm³/mol. The van der Waals surface area contributed by atoms with Gasteiger partial charge in [-0.1, -0.05) is 0 Å². The number of carbonyl (C=O) groups excluding carboxylic acids is 2. The number of nitrogens with zero attached hydrogens (tertiary/aromatic N) is 4. The van der Waals surface area contributed by atoms with Crippen molar-refractivity contribution >= 4 is 11.9 Å². The minimum atomic E-state index is -1.27. The molecule has 4 heterocycles. The fourth-order valence-corrected chi connectivity index (χ4v) is 3.95. The van der Waals surface area contributed by atoms with Crippen molar-refractivity contribution in [2.24, 2.45) is 0 Å². The molecule has 0 aliphatic carbocycles. The first-order valence-electron chi connectivity index (χ1n) is 9.50. The molecule has 30 heavy (non-hydrogen) atoms. The van der Waals surface area contributed by atoms with Crippen LogP contribution >= 0.6 is 0 Å². The second-order valence-electron chi connectivity index (χ2n) is 7.22. The van der Waals surface area contributed by atoms with E-state index >= 15 is 0 Å². The molecule has 0 saturated carbocycles. The van der Waals surface area contributed by atoms with E-state index < -0.39 is 5.97 Å². The highest BCUT2D eigenvalue weighted by Gasteiger charge is 2.50. The monoisotopic (exact) mass is 416 g/mol. The number of rotatable bonds is 6. The Kier molecular flexibility index (Phi) is 4.71. The first kappa shape index (κ1) is 18.8. The number of benzene rings is 1. The fraction of sp³-hybridized carbons (Fsp3) is 0.500. The van der Waals surface area contributed by atoms with Crippen LogP contribution in [0.3, 0.4) is 0 Å². The number of hydrogen-bond acceptors (Lipinski definition) is 10. The van der Waals surface area contributed by atoms with E-state index in [0.717, 1.165) is 5.56 Å². The van der Waals surface area contributed by atoms with Gasteiger partial charge in [0.1, 0.15) is 18.2 Å². The Balaban J connectivity index is 1.30. The topological polar surface area (TPSA) is 150 Å². The molecule has 12 heteroatoms. The summed E-state index contributed by atoms with van der Waals surface area (Å²) in [7, 11) is 0. The number of amides is 1. The highest BCUT2D eigenvalue weighted by atomic mass is 16.7. The summed E-state index contributed by atoms with van der Waals surface area (Å²) in [5.41, 5.74) is 0.762. The molecule has 0 unspecified atom stereocenters. The van der Waals surface area contributed by atoms with Gasteiger partial charge in [0.05, 0.1) is 19.3 Å². The van der Waals surface area contributed by atoms with Gasteiger partial charge in [0.2, 0.25) is 12.7 Å². The van der Waals surface area contributed by atoms with Crippen molar-refractivity contribution in [3.8, 4) is 22.9 Å². The molecular weight excluding hydrogens is 398 g/mol. The van der Waals surface area contributed by atoms with Gasteiger partial charge in [0, 0.05) is 18.0 Å². The van der Waals surface area contributed by atoms with Crippen LogP contribution in [0.5, 0.6) is 11.5 Å². The van der Waals surface area contributed by atoms with Gasteiger partial charge in [-0.3, -0.25) is 4.79 Å². The van der Waals surface area contributed by atoms with Crippen molar-refractivity contribution in [3.63, 3.8) is 0 Å². The molecule has 2 fully saturated rings. The van der Waals surface area contributed by atoms with Gasteiger partial charge in [0.15, 0.2) is 17.3 Å². The molecule has 0 bridgehead atoms. The highest BCUT2D eigenvalue weighted by molar-refractivity contribution is 5.80. The lowest BCUT2D eigenvalue weighted by atomic mass is 10.1. The van der Waals surface area contributed by atoms with Crippen LogP contribution in [0, 0.1) is 0 Å². The zero-order valence-corrected chi connectivity index (χ0v) is 15.7. The Hall–Kier alpha value is -3.25. The summed E-state index contributed by atoms with van der Waals surface area (Å²) in [4.78, 5) is 22.5. The molecule has 0 spiro atoms. The first-order chi connectivity index (χ1) is 14.6. The van der Waals surface area contributed by atoms with E-state index in [0.29, 0.717) is 23.9 Å². The maximum Gasteiger partial charge on any atom is 0.231 e. The van der Waals surface area contributed by atoms with Gasteiger partial charge < -0.3 is 34.2 Å². The summed E-state index contributed by atoms with van der Waals surface area (Å²) in [5, 5.41) is 25.4. The van der Waals surface area contributed by atoms with Gasteiger partial charge in [-0.25, -0.2) is 4.68 Å². The van der Waals surface area contributed by atoms with Gasteiger partial charge in [-0.05, 0) is 35.0 Å². The summed E-state index contributed by atoms with van der Waals surface area (Å²) < 4.78 is 24.2. The molecule has 1 aromatic carbocycles. The molecule has 1 N–H and O–H groups in total. The minimum absolute atomic E-state index is 0.152. The van der Waals surface area contributed by atoms with E-state index in [9.17, 15) is 14.7 Å². The number of aliphatic carboxylic acids is 1. The lowest BCUT2D eigenvalue weighted by Crippen LogP contribution is -2.44. The lowest BCUT2D eigenvalue weighted by Gasteiger charge is -2.18. The van der Waals surface area contributed by atoms with Crippen molar-refractivity contribution in [2.75, 3.05) is 20.0 Å². The first-order valence-corrected chi connectivity index (χ1v) is 9.50. The average molecular weight is 416 g/mol. The molecule has 2 aromatic rings. The van der Waals surface area contributed by atoms with Crippen LogP contribution in [-0.4, -0.2) is 70.3 Å². The van der Waals surface area contributed by atoms with Crippen LogP contribution in [0.4, 0.5) is 0 Å². The number of tetrazole rings is 1. The fourth-order valence-electron chi connectivity index (χ4n) is 3.95. The summed E-state index contributed by atoms with van der Waals surface area (Å²) in [5.74, 6) is 0.173. The number of nitrogens with one attached hydrogen (secondary N) is 1. The van der Waals surface area contributed by atoms with E-state index in [1.807, 2.05) is 12.1 Å². The van der Waals surface area contributed by atoms with E-state index in [1.165, 1.54) is 0 Å². The zero-order chi connectivity index (χ0) is 20.7. The molecule has 1 aromatic heterocycles. The smallest absolute Gasteiger partial charge is 0.231 e. The van der Waals surface area contributed by atoms with Crippen LogP contribution in [-0.2, 0) is 19.1 Å². The third-order valence-electron chi connectivity index (χ3n) is 5.37. The molecule has 1 amide bonds. The van der Waals surface area contributed by atoms with Crippen molar-refractivity contribution in [1.82, 2.24) is 25.5 Å². The molecule has 2 saturated heterocycles. The predicted octanol–water partition coefficient (Wildman–Crippen LogP) is -1.58. The third-order valence-corrected chi connectivity index (χ3v) is 5.37. The zero-order valence-electron chi connectivity index (χ0n) is 15.7. The number of carboxylic acids is 1. The van der Waals surface area contributed by atoms with Crippen LogP contribution in [0.2, 0.25) is 0 Å². The number of aromatic nitrogens is 4. The van der Waals surface area contributed by atoms with Gasteiger partial charge in [-0.15, -0.1) is 5.10 Å². The quantitative estimate of drug-likeness (QED) is 0.584. The molecule has 158 valence electrons. The number of carboxylic acid groups (broad SMARTS) is 1. The molecule has 3 aliphatic heterocycles. The third kappa shape index (κ3) is 3.33. The largest absolute Gasteiger partial charge is 0.550 e. The Labute approximate surface area is 170 Å². The highest BCUT2D eigenvalue weighted by Crippen LogP contribution is 2.38.